The van der Waals surface area contributed by atoms with E-state index in [1.807, 2.05) is 12.1 Å². The van der Waals surface area contributed by atoms with Crippen LogP contribution in [0.5, 0.6) is 0 Å². The Morgan fingerprint density at radius 2 is 2.11 bits per heavy atom. The van der Waals surface area contributed by atoms with Gasteiger partial charge in [-0.15, -0.1) is 0 Å². The molecule has 0 fully saturated rings. The van der Waals surface area contributed by atoms with Crippen molar-refractivity contribution in [2.75, 3.05) is 5.75 Å². The molecule has 0 radical (unpaired) electrons. The zero-order chi connectivity index (χ0) is 13.7. The van der Waals surface area contributed by atoms with Crippen LogP contribution in [-0.4, -0.2) is 17.8 Å². The Hall–Kier alpha value is -1.35. The highest BCUT2D eigenvalue weighted by molar-refractivity contribution is 8.19. The molecule has 1 aromatic carbocycles. The summed E-state index contributed by atoms with van der Waals surface area (Å²) in [6.07, 6.45) is 4.51. The summed E-state index contributed by atoms with van der Waals surface area (Å²) >= 11 is 0. The molecule has 102 valence electrons. The first kappa shape index (κ1) is 14.1. The Morgan fingerprint density at radius 3 is 2.74 bits per heavy atom. The van der Waals surface area contributed by atoms with E-state index in [1.165, 1.54) is 10.5 Å². The van der Waals surface area contributed by atoms with Crippen molar-refractivity contribution in [2.45, 2.75) is 25.5 Å². The molecule has 19 heavy (non-hydrogen) atoms. The number of thiol groups is 1. The number of allylic oxidation sites excluding steroid dienone is 2. The van der Waals surface area contributed by atoms with Gasteiger partial charge in [-0.3, -0.25) is 4.79 Å². The van der Waals surface area contributed by atoms with Crippen molar-refractivity contribution >= 4 is 23.0 Å². The number of benzene rings is 1. The number of Topliss-reactive ketones (excluding diaryl/α,β-unsaturated/α-hetero) is 1. The number of aldehydes is 1. The van der Waals surface area contributed by atoms with Crippen LogP contribution in [0.25, 0.3) is 0 Å². The lowest BCUT2D eigenvalue weighted by Crippen LogP contribution is -2.13. The van der Waals surface area contributed by atoms with Crippen molar-refractivity contribution in [1.29, 1.82) is 0 Å². The fourth-order valence-corrected chi connectivity index (χ4v) is 5.16. The van der Waals surface area contributed by atoms with E-state index in [4.69, 9.17) is 0 Å². The third-order valence-electron chi connectivity index (χ3n) is 3.37. The molecular weight excluding hydrogens is 256 g/mol. The lowest BCUT2D eigenvalue weighted by Gasteiger charge is -2.30. The van der Waals surface area contributed by atoms with Crippen LogP contribution in [0, 0.1) is 5.92 Å². The topological polar surface area (TPSA) is 34.1 Å². The van der Waals surface area contributed by atoms with Crippen LogP contribution < -0.4 is 0 Å². The molecule has 2 rings (SSSR count). The molecular formula is C16H20O2S. The molecule has 2 unspecified atom stereocenters. The lowest BCUT2D eigenvalue weighted by molar-refractivity contribution is -0.116. The van der Waals surface area contributed by atoms with E-state index < -0.39 is 0 Å². The molecule has 0 bridgehead atoms. The first-order chi connectivity index (χ1) is 9.19. The standard InChI is InChI=1S/C16H20O2S/c1-13(18)9-16-10-15(11-17)7-8-19(16)12-14-5-3-2-4-6-14/h2-6,10-11,15,19H,7-9,12H2,1H3. The molecule has 1 heterocycles. The minimum absolute atomic E-state index is 0.0175. The molecule has 1 aromatic rings. The van der Waals surface area contributed by atoms with Gasteiger partial charge in [0.05, 0.1) is 0 Å². The zero-order valence-corrected chi connectivity index (χ0v) is 12.1. The minimum Gasteiger partial charge on any atom is -0.303 e. The van der Waals surface area contributed by atoms with Gasteiger partial charge in [-0.05, 0) is 29.6 Å². The van der Waals surface area contributed by atoms with Crippen LogP contribution in [0.15, 0.2) is 41.3 Å². The van der Waals surface area contributed by atoms with Crippen LogP contribution in [0.3, 0.4) is 0 Å². The summed E-state index contributed by atoms with van der Waals surface area (Å²) in [6, 6.07) is 10.4. The molecule has 0 spiro atoms. The lowest BCUT2D eigenvalue weighted by atomic mass is 10.1. The fourth-order valence-electron chi connectivity index (χ4n) is 2.40. The van der Waals surface area contributed by atoms with E-state index in [2.05, 4.69) is 24.3 Å². The Bertz CT molecular complexity index is 479. The monoisotopic (exact) mass is 276 g/mol. The highest BCUT2D eigenvalue weighted by atomic mass is 32.2. The van der Waals surface area contributed by atoms with Crippen LogP contribution in [0.2, 0.25) is 0 Å². The fraction of sp³-hybridized carbons (Fsp3) is 0.375. The van der Waals surface area contributed by atoms with Gasteiger partial charge in [0.1, 0.15) is 12.1 Å². The third-order valence-corrected chi connectivity index (χ3v) is 6.03. The normalized spacial score (nSPS) is 24.6. The van der Waals surface area contributed by atoms with Crippen LogP contribution in [-0.2, 0) is 15.3 Å². The summed E-state index contributed by atoms with van der Waals surface area (Å²) in [5, 5.41) is 0. The summed E-state index contributed by atoms with van der Waals surface area (Å²) in [5.41, 5.74) is 1.33. The van der Waals surface area contributed by atoms with E-state index in [9.17, 15) is 9.59 Å². The van der Waals surface area contributed by atoms with Gasteiger partial charge in [0.25, 0.3) is 0 Å². The average Bonchev–Trinajstić information content (AvgIpc) is 2.41. The molecule has 0 amide bonds. The van der Waals surface area contributed by atoms with Crippen molar-refractivity contribution in [1.82, 2.24) is 0 Å². The molecule has 0 aromatic heterocycles. The van der Waals surface area contributed by atoms with Crippen molar-refractivity contribution < 1.29 is 9.59 Å². The van der Waals surface area contributed by atoms with Gasteiger partial charge in [0.15, 0.2) is 0 Å². The summed E-state index contributed by atoms with van der Waals surface area (Å²) in [4.78, 5) is 23.5. The van der Waals surface area contributed by atoms with E-state index in [0.29, 0.717) is 6.42 Å². The Kier molecular flexibility index (Phi) is 4.97. The molecule has 0 saturated heterocycles. The maximum atomic E-state index is 11.4. The second-order valence-corrected chi connectivity index (χ2v) is 7.45. The van der Waals surface area contributed by atoms with Crippen molar-refractivity contribution in [3.8, 4) is 0 Å². The van der Waals surface area contributed by atoms with Crippen LogP contribution in [0.1, 0.15) is 25.3 Å². The highest BCUT2D eigenvalue weighted by Crippen LogP contribution is 2.45. The Morgan fingerprint density at radius 1 is 1.37 bits per heavy atom. The molecule has 2 atom stereocenters. The zero-order valence-electron chi connectivity index (χ0n) is 11.2. The van der Waals surface area contributed by atoms with Crippen LogP contribution >= 0.6 is 10.9 Å². The number of carbonyl (C=O) groups is 2. The van der Waals surface area contributed by atoms with Gasteiger partial charge >= 0.3 is 0 Å². The third kappa shape index (κ3) is 4.06. The maximum absolute atomic E-state index is 11.4. The Labute approximate surface area is 117 Å². The second-order valence-electron chi connectivity index (χ2n) is 5.03. The van der Waals surface area contributed by atoms with E-state index in [0.717, 1.165) is 24.2 Å². The predicted molar refractivity (Wildman–Crippen MR) is 81.6 cm³/mol. The summed E-state index contributed by atoms with van der Waals surface area (Å²) in [5.74, 6) is 2.30. The molecule has 3 heteroatoms. The summed E-state index contributed by atoms with van der Waals surface area (Å²) < 4.78 is 0. The smallest absolute Gasteiger partial charge is 0.134 e. The van der Waals surface area contributed by atoms with E-state index in [1.54, 1.807) is 6.92 Å². The van der Waals surface area contributed by atoms with E-state index >= 15 is 0 Å². The maximum Gasteiger partial charge on any atom is 0.134 e. The van der Waals surface area contributed by atoms with Gasteiger partial charge in [-0.1, -0.05) is 36.4 Å². The Balaban J connectivity index is 2.14. The largest absolute Gasteiger partial charge is 0.303 e. The first-order valence-corrected chi connectivity index (χ1v) is 8.34. The minimum atomic E-state index is -0.295. The summed E-state index contributed by atoms with van der Waals surface area (Å²) in [6.45, 7) is 1.63. The molecule has 2 nitrogen and oxygen atoms in total. The highest BCUT2D eigenvalue weighted by Gasteiger charge is 2.21. The number of ketones is 1. The van der Waals surface area contributed by atoms with Gasteiger partial charge in [-0.2, -0.15) is 0 Å². The molecule has 0 saturated carbocycles. The van der Waals surface area contributed by atoms with Gasteiger partial charge < -0.3 is 4.79 Å². The van der Waals surface area contributed by atoms with Crippen LogP contribution in [0.4, 0.5) is 0 Å². The average molecular weight is 276 g/mol. The molecule has 0 aliphatic carbocycles. The van der Waals surface area contributed by atoms with Crippen molar-refractivity contribution in [3.63, 3.8) is 0 Å². The molecule has 0 N–H and O–H groups in total. The number of hydrogen-bond donors (Lipinski definition) is 1. The van der Waals surface area contributed by atoms with Gasteiger partial charge in [0, 0.05) is 18.1 Å². The first-order valence-electron chi connectivity index (χ1n) is 6.63. The van der Waals surface area contributed by atoms with E-state index in [-0.39, 0.29) is 22.6 Å². The van der Waals surface area contributed by atoms with Gasteiger partial charge in [0.2, 0.25) is 0 Å². The number of rotatable bonds is 5. The predicted octanol–water partition coefficient (Wildman–Crippen LogP) is 3.27. The molecule has 1 aliphatic heterocycles. The van der Waals surface area contributed by atoms with Gasteiger partial charge in [-0.25, -0.2) is 10.9 Å². The summed E-state index contributed by atoms with van der Waals surface area (Å²) in [7, 11) is -0.295. The van der Waals surface area contributed by atoms with Crippen molar-refractivity contribution in [2.24, 2.45) is 5.92 Å². The number of hydrogen-bond acceptors (Lipinski definition) is 2. The molecule has 1 aliphatic rings. The van der Waals surface area contributed by atoms with Crippen molar-refractivity contribution in [3.05, 3.63) is 46.9 Å². The number of carbonyl (C=O) groups excluding carboxylic acids is 2. The SMILES string of the molecule is CC(=O)CC1=CC(C=O)CC[SH]1Cc1ccccc1. The quantitative estimate of drug-likeness (QED) is 0.661. The second kappa shape index (κ2) is 6.71.